The molecule has 0 saturated carbocycles. The van der Waals surface area contributed by atoms with Gasteiger partial charge in [0.15, 0.2) is 6.61 Å². The molecule has 0 aromatic heterocycles. The van der Waals surface area contributed by atoms with E-state index in [9.17, 15) is 18.0 Å². The Morgan fingerprint density at radius 3 is 2.70 bits per heavy atom. The summed E-state index contributed by atoms with van der Waals surface area (Å²) in [5.74, 6) is -0.420. The standard InChI is InChI=1S/C12H14BrF3N2O2/c13-9-3-1-2-8(4-5-17)11(9)20-6-10(19)18-7-12(14,15)16/h1-3H,4-7,17H2,(H,18,19). The maximum absolute atomic E-state index is 11.9. The minimum atomic E-state index is -4.44. The van der Waals surface area contributed by atoms with Crippen LogP contribution in [0.4, 0.5) is 13.2 Å². The topological polar surface area (TPSA) is 64.3 Å². The fourth-order valence-electron chi connectivity index (χ4n) is 1.46. The van der Waals surface area contributed by atoms with Gasteiger partial charge in [0.1, 0.15) is 12.3 Å². The molecule has 0 radical (unpaired) electrons. The summed E-state index contributed by atoms with van der Waals surface area (Å²) in [4.78, 5) is 11.3. The molecule has 112 valence electrons. The van der Waals surface area contributed by atoms with Crippen LogP contribution in [0.25, 0.3) is 0 Å². The number of benzene rings is 1. The zero-order chi connectivity index (χ0) is 15.2. The van der Waals surface area contributed by atoms with E-state index in [1.54, 1.807) is 23.5 Å². The molecule has 0 unspecified atom stereocenters. The van der Waals surface area contributed by atoms with Crippen LogP contribution in [0.2, 0.25) is 0 Å². The fraction of sp³-hybridized carbons (Fsp3) is 0.417. The zero-order valence-corrected chi connectivity index (χ0v) is 12.1. The van der Waals surface area contributed by atoms with Crippen molar-refractivity contribution in [3.8, 4) is 5.75 Å². The fourth-order valence-corrected chi connectivity index (χ4v) is 1.98. The molecule has 0 atom stereocenters. The van der Waals surface area contributed by atoms with Gasteiger partial charge in [-0.15, -0.1) is 0 Å². The molecule has 8 heteroatoms. The van der Waals surface area contributed by atoms with Gasteiger partial charge in [-0.2, -0.15) is 13.2 Å². The molecule has 0 saturated heterocycles. The lowest BCUT2D eigenvalue weighted by atomic mass is 10.1. The lowest BCUT2D eigenvalue weighted by Gasteiger charge is -2.13. The van der Waals surface area contributed by atoms with Crippen molar-refractivity contribution in [2.45, 2.75) is 12.6 Å². The Labute approximate surface area is 122 Å². The van der Waals surface area contributed by atoms with E-state index in [4.69, 9.17) is 10.5 Å². The summed E-state index contributed by atoms with van der Waals surface area (Å²) in [6.45, 7) is -1.47. The van der Waals surface area contributed by atoms with Crippen molar-refractivity contribution >= 4 is 21.8 Å². The highest BCUT2D eigenvalue weighted by Gasteiger charge is 2.27. The first-order valence-electron chi connectivity index (χ1n) is 5.77. The second kappa shape index (κ2) is 7.49. The van der Waals surface area contributed by atoms with E-state index in [0.717, 1.165) is 5.56 Å². The lowest BCUT2D eigenvalue weighted by Crippen LogP contribution is -2.36. The number of rotatable bonds is 6. The summed E-state index contributed by atoms with van der Waals surface area (Å²) in [5, 5.41) is 1.73. The van der Waals surface area contributed by atoms with Gasteiger partial charge in [-0.1, -0.05) is 12.1 Å². The number of alkyl halides is 3. The molecule has 4 nitrogen and oxygen atoms in total. The minimum Gasteiger partial charge on any atom is -0.482 e. The normalized spacial score (nSPS) is 11.2. The van der Waals surface area contributed by atoms with Crippen LogP contribution < -0.4 is 15.8 Å². The van der Waals surface area contributed by atoms with E-state index in [1.807, 2.05) is 0 Å². The van der Waals surface area contributed by atoms with Crippen LogP contribution in [0, 0.1) is 0 Å². The van der Waals surface area contributed by atoms with E-state index >= 15 is 0 Å². The van der Waals surface area contributed by atoms with Crippen molar-refractivity contribution < 1.29 is 22.7 Å². The molecule has 1 rings (SSSR count). The van der Waals surface area contributed by atoms with Gasteiger partial charge in [-0.05, 0) is 40.5 Å². The average Bonchev–Trinajstić information content (AvgIpc) is 2.35. The monoisotopic (exact) mass is 354 g/mol. The molecule has 0 bridgehead atoms. The third-order valence-corrected chi connectivity index (χ3v) is 2.92. The third kappa shape index (κ3) is 5.79. The van der Waals surface area contributed by atoms with E-state index in [-0.39, 0.29) is 0 Å². The number of nitrogens with one attached hydrogen (secondary N) is 1. The van der Waals surface area contributed by atoms with E-state index in [1.165, 1.54) is 0 Å². The maximum atomic E-state index is 11.9. The van der Waals surface area contributed by atoms with Gasteiger partial charge in [0.05, 0.1) is 4.47 Å². The predicted molar refractivity (Wildman–Crippen MR) is 71.5 cm³/mol. The molecule has 0 aliphatic heterocycles. The molecule has 0 fully saturated rings. The van der Waals surface area contributed by atoms with Crippen LogP contribution in [-0.2, 0) is 11.2 Å². The molecule has 0 aliphatic carbocycles. The summed E-state index contributed by atoms with van der Waals surface area (Å²) in [6.07, 6.45) is -3.90. The first kappa shape index (κ1) is 16.8. The zero-order valence-electron chi connectivity index (χ0n) is 10.5. The number of para-hydroxylation sites is 1. The predicted octanol–water partition coefficient (Wildman–Crippen LogP) is 2.01. The molecule has 20 heavy (non-hydrogen) atoms. The van der Waals surface area contributed by atoms with E-state index in [0.29, 0.717) is 23.2 Å². The summed E-state index contributed by atoms with van der Waals surface area (Å²) in [6, 6.07) is 5.27. The van der Waals surface area contributed by atoms with E-state index < -0.39 is 25.2 Å². The Bertz CT molecular complexity index is 467. The van der Waals surface area contributed by atoms with Crippen LogP contribution in [0.5, 0.6) is 5.75 Å². The summed E-state index contributed by atoms with van der Waals surface area (Å²) >= 11 is 3.26. The van der Waals surface area contributed by atoms with Crippen molar-refractivity contribution in [2.24, 2.45) is 5.73 Å². The number of carbonyl (C=O) groups is 1. The Balaban J connectivity index is 2.59. The van der Waals surface area contributed by atoms with Gasteiger partial charge in [-0.25, -0.2) is 0 Å². The Morgan fingerprint density at radius 2 is 2.10 bits per heavy atom. The van der Waals surface area contributed by atoms with Crippen molar-refractivity contribution in [3.05, 3.63) is 28.2 Å². The van der Waals surface area contributed by atoms with Crippen LogP contribution in [-0.4, -0.2) is 31.8 Å². The highest BCUT2D eigenvalue weighted by atomic mass is 79.9. The van der Waals surface area contributed by atoms with Gasteiger partial charge in [0.25, 0.3) is 5.91 Å². The Kier molecular flexibility index (Phi) is 6.28. The van der Waals surface area contributed by atoms with Crippen LogP contribution in [0.3, 0.4) is 0 Å². The number of carbonyl (C=O) groups excluding carboxylic acids is 1. The molecule has 3 N–H and O–H groups in total. The van der Waals surface area contributed by atoms with Crippen molar-refractivity contribution in [2.75, 3.05) is 19.7 Å². The summed E-state index contributed by atoms with van der Waals surface area (Å²) in [7, 11) is 0. The van der Waals surface area contributed by atoms with Gasteiger partial charge >= 0.3 is 6.18 Å². The molecule has 0 spiro atoms. The first-order chi connectivity index (χ1) is 9.33. The maximum Gasteiger partial charge on any atom is 0.405 e. The quantitative estimate of drug-likeness (QED) is 0.821. The largest absolute Gasteiger partial charge is 0.482 e. The highest BCUT2D eigenvalue weighted by Crippen LogP contribution is 2.29. The number of amides is 1. The lowest BCUT2D eigenvalue weighted by molar-refractivity contribution is -0.139. The number of ether oxygens (including phenoxy) is 1. The van der Waals surface area contributed by atoms with Crippen molar-refractivity contribution in [1.29, 1.82) is 0 Å². The number of nitrogens with two attached hydrogens (primary N) is 1. The second-order valence-corrected chi connectivity index (χ2v) is 4.80. The molecule has 1 aromatic rings. The van der Waals surface area contributed by atoms with Gasteiger partial charge in [0, 0.05) is 0 Å². The average molecular weight is 355 g/mol. The molecule has 0 aliphatic rings. The smallest absolute Gasteiger partial charge is 0.405 e. The van der Waals surface area contributed by atoms with Crippen LogP contribution in [0.1, 0.15) is 5.56 Å². The third-order valence-electron chi connectivity index (χ3n) is 2.30. The number of hydrogen-bond acceptors (Lipinski definition) is 3. The van der Waals surface area contributed by atoms with Gasteiger partial charge in [0.2, 0.25) is 0 Å². The van der Waals surface area contributed by atoms with E-state index in [2.05, 4.69) is 15.9 Å². The number of hydrogen-bond donors (Lipinski definition) is 2. The van der Waals surface area contributed by atoms with Crippen molar-refractivity contribution in [3.63, 3.8) is 0 Å². The van der Waals surface area contributed by atoms with Gasteiger partial charge < -0.3 is 15.8 Å². The molecular weight excluding hydrogens is 341 g/mol. The molecular formula is C12H14BrF3N2O2. The summed E-state index contributed by atoms with van der Waals surface area (Å²) in [5.41, 5.74) is 6.24. The van der Waals surface area contributed by atoms with Gasteiger partial charge in [-0.3, -0.25) is 4.79 Å². The van der Waals surface area contributed by atoms with Crippen molar-refractivity contribution in [1.82, 2.24) is 5.32 Å². The van der Waals surface area contributed by atoms with Crippen LogP contribution >= 0.6 is 15.9 Å². The molecule has 1 amide bonds. The minimum absolute atomic E-state index is 0.396. The Morgan fingerprint density at radius 1 is 1.40 bits per heavy atom. The van der Waals surface area contributed by atoms with Crippen LogP contribution in [0.15, 0.2) is 22.7 Å². The summed E-state index contributed by atoms with van der Waals surface area (Å²) < 4.78 is 41.7. The first-order valence-corrected chi connectivity index (χ1v) is 6.56. The molecule has 1 aromatic carbocycles. The molecule has 0 heterocycles. The SMILES string of the molecule is NCCc1cccc(Br)c1OCC(=O)NCC(F)(F)F. The second-order valence-electron chi connectivity index (χ2n) is 3.95. The Hall–Kier alpha value is -1.28. The highest BCUT2D eigenvalue weighted by molar-refractivity contribution is 9.10. The number of halogens is 4.